The molecule has 1 aromatic carbocycles. The zero-order valence-electron chi connectivity index (χ0n) is 8.39. The Kier molecular flexibility index (Phi) is 3.77. The smallest absolute Gasteiger partial charge is 0.125 e. The summed E-state index contributed by atoms with van der Waals surface area (Å²) in [7, 11) is 0. The van der Waals surface area contributed by atoms with Gasteiger partial charge in [-0.25, -0.2) is 0 Å². The Labute approximate surface area is 102 Å². The number of thiazole rings is 1. The molecule has 2 aromatic rings. The molecule has 0 saturated carbocycles. The van der Waals surface area contributed by atoms with Gasteiger partial charge in [0.1, 0.15) is 12.4 Å². The molecule has 1 aromatic heterocycles. The highest BCUT2D eigenvalue weighted by Crippen LogP contribution is 2.24. The Bertz CT molecular complexity index is 459. The van der Waals surface area contributed by atoms with Crippen LogP contribution >= 0.6 is 22.9 Å². The topological polar surface area (TPSA) is 42.4 Å². The van der Waals surface area contributed by atoms with Crippen LogP contribution in [0.15, 0.2) is 29.9 Å². The second-order valence-electron chi connectivity index (χ2n) is 3.17. The number of hydrogen-bond donors (Lipinski definition) is 1. The summed E-state index contributed by atoms with van der Waals surface area (Å²) in [5.41, 5.74) is 2.45. The first kappa shape index (κ1) is 11.4. The van der Waals surface area contributed by atoms with Gasteiger partial charge in [-0.3, -0.25) is 4.98 Å². The van der Waals surface area contributed by atoms with E-state index < -0.39 is 0 Å². The second kappa shape index (κ2) is 5.30. The highest BCUT2D eigenvalue weighted by atomic mass is 35.5. The summed E-state index contributed by atoms with van der Waals surface area (Å²) in [5, 5.41) is 9.74. The number of halogens is 1. The third kappa shape index (κ3) is 2.72. The van der Waals surface area contributed by atoms with E-state index >= 15 is 0 Å². The molecule has 1 N–H and O–H groups in total. The minimum absolute atomic E-state index is 0.0847. The van der Waals surface area contributed by atoms with E-state index in [2.05, 4.69) is 4.98 Å². The van der Waals surface area contributed by atoms with Gasteiger partial charge in [-0.2, -0.15) is 0 Å². The third-order valence-electron chi connectivity index (χ3n) is 2.05. The Hall–Kier alpha value is -1.10. The molecule has 3 nitrogen and oxygen atoms in total. The normalized spacial score (nSPS) is 10.4. The van der Waals surface area contributed by atoms with E-state index in [1.54, 1.807) is 29.9 Å². The molecule has 0 amide bonds. The monoisotopic (exact) mass is 255 g/mol. The van der Waals surface area contributed by atoms with E-state index in [9.17, 15) is 0 Å². The van der Waals surface area contributed by atoms with E-state index in [1.807, 2.05) is 0 Å². The molecule has 0 fully saturated rings. The quantitative estimate of drug-likeness (QED) is 0.914. The van der Waals surface area contributed by atoms with Crippen LogP contribution in [0.1, 0.15) is 10.4 Å². The summed E-state index contributed by atoms with van der Waals surface area (Å²) in [4.78, 5) is 5.00. The van der Waals surface area contributed by atoms with Gasteiger partial charge in [0.05, 0.1) is 17.0 Å². The van der Waals surface area contributed by atoms with Gasteiger partial charge in [-0.05, 0) is 18.2 Å². The molecule has 0 unspecified atom stereocenters. The standard InChI is InChI=1S/C11H10ClNO2S/c12-9-1-2-11(8(3-9)5-14)15-6-10-4-13-7-16-10/h1-4,7,14H,5-6H2. The zero-order valence-corrected chi connectivity index (χ0v) is 9.96. The molecule has 0 saturated heterocycles. The van der Waals surface area contributed by atoms with Crippen molar-refractivity contribution in [1.29, 1.82) is 0 Å². The maximum absolute atomic E-state index is 9.15. The molecule has 16 heavy (non-hydrogen) atoms. The fourth-order valence-electron chi connectivity index (χ4n) is 1.27. The molecule has 0 spiro atoms. The van der Waals surface area contributed by atoms with Crippen molar-refractivity contribution in [3.8, 4) is 5.75 Å². The predicted octanol–water partition coefficient (Wildman–Crippen LogP) is 2.87. The summed E-state index contributed by atoms with van der Waals surface area (Å²) >= 11 is 7.35. The summed E-state index contributed by atoms with van der Waals surface area (Å²) in [5.74, 6) is 0.653. The molecule has 0 aliphatic heterocycles. The lowest BCUT2D eigenvalue weighted by Crippen LogP contribution is -1.97. The van der Waals surface area contributed by atoms with Crippen molar-refractivity contribution < 1.29 is 9.84 Å². The van der Waals surface area contributed by atoms with Gasteiger partial charge in [0.25, 0.3) is 0 Å². The van der Waals surface area contributed by atoms with Crippen LogP contribution < -0.4 is 4.74 Å². The Morgan fingerprint density at radius 3 is 3.00 bits per heavy atom. The fraction of sp³-hybridized carbons (Fsp3) is 0.182. The van der Waals surface area contributed by atoms with Crippen LogP contribution in [0.4, 0.5) is 0 Å². The highest BCUT2D eigenvalue weighted by molar-refractivity contribution is 7.09. The van der Waals surface area contributed by atoms with Crippen LogP contribution in [-0.4, -0.2) is 10.1 Å². The molecule has 0 bridgehead atoms. The summed E-state index contributed by atoms with van der Waals surface area (Å²) < 4.78 is 5.58. The molecule has 0 radical (unpaired) electrons. The number of nitrogens with zero attached hydrogens (tertiary/aromatic N) is 1. The van der Waals surface area contributed by atoms with Crippen molar-refractivity contribution in [2.75, 3.05) is 0 Å². The van der Waals surface area contributed by atoms with Crippen LogP contribution in [0.3, 0.4) is 0 Å². The molecule has 0 aliphatic rings. The van der Waals surface area contributed by atoms with Gasteiger partial charge in [-0.15, -0.1) is 11.3 Å². The van der Waals surface area contributed by atoms with Crippen LogP contribution in [-0.2, 0) is 13.2 Å². The third-order valence-corrected chi connectivity index (χ3v) is 3.03. The molecule has 5 heteroatoms. The second-order valence-corrected chi connectivity index (χ2v) is 4.57. The van der Waals surface area contributed by atoms with E-state index in [0.29, 0.717) is 22.9 Å². The van der Waals surface area contributed by atoms with Crippen LogP contribution in [0.2, 0.25) is 5.02 Å². The maximum atomic E-state index is 9.15. The highest BCUT2D eigenvalue weighted by Gasteiger charge is 2.04. The lowest BCUT2D eigenvalue weighted by molar-refractivity contribution is 0.260. The molecule has 2 rings (SSSR count). The summed E-state index contributed by atoms with van der Waals surface area (Å²) in [6, 6.07) is 5.20. The fourth-order valence-corrected chi connectivity index (χ4v) is 1.98. The van der Waals surface area contributed by atoms with Crippen molar-refractivity contribution in [1.82, 2.24) is 4.98 Å². The first-order valence-corrected chi connectivity index (χ1v) is 5.95. The molecule has 0 aliphatic carbocycles. The van der Waals surface area contributed by atoms with E-state index in [-0.39, 0.29) is 6.61 Å². The van der Waals surface area contributed by atoms with E-state index in [4.69, 9.17) is 21.4 Å². The van der Waals surface area contributed by atoms with E-state index in [0.717, 1.165) is 4.88 Å². The van der Waals surface area contributed by atoms with Crippen molar-refractivity contribution in [3.63, 3.8) is 0 Å². The van der Waals surface area contributed by atoms with Crippen molar-refractivity contribution >= 4 is 22.9 Å². The molecule has 1 heterocycles. The average molecular weight is 256 g/mol. The van der Waals surface area contributed by atoms with Crippen LogP contribution in [0.25, 0.3) is 0 Å². The summed E-state index contributed by atoms with van der Waals surface area (Å²) in [6.45, 7) is 0.373. The van der Waals surface area contributed by atoms with Gasteiger partial charge < -0.3 is 9.84 Å². The Morgan fingerprint density at radius 1 is 1.44 bits per heavy atom. The number of benzene rings is 1. The van der Waals surface area contributed by atoms with Crippen molar-refractivity contribution in [2.24, 2.45) is 0 Å². The number of rotatable bonds is 4. The zero-order chi connectivity index (χ0) is 11.4. The van der Waals surface area contributed by atoms with E-state index in [1.165, 1.54) is 11.3 Å². The Balaban J connectivity index is 2.09. The summed E-state index contributed by atoms with van der Waals surface area (Å²) in [6.07, 6.45) is 1.76. The van der Waals surface area contributed by atoms with Crippen LogP contribution in [0.5, 0.6) is 5.75 Å². The molecule has 0 atom stereocenters. The van der Waals surface area contributed by atoms with Gasteiger partial charge in [0, 0.05) is 16.8 Å². The van der Waals surface area contributed by atoms with Gasteiger partial charge in [0.2, 0.25) is 0 Å². The van der Waals surface area contributed by atoms with Crippen molar-refractivity contribution in [2.45, 2.75) is 13.2 Å². The number of ether oxygens (including phenoxy) is 1. The molecule has 84 valence electrons. The van der Waals surface area contributed by atoms with Crippen molar-refractivity contribution in [3.05, 3.63) is 45.4 Å². The lowest BCUT2D eigenvalue weighted by atomic mass is 10.2. The number of aliphatic hydroxyl groups excluding tert-OH is 1. The predicted molar refractivity (Wildman–Crippen MR) is 63.8 cm³/mol. The van der Waals surface area contributed by atoms with Gasteiger partial charge in [-0.1, -0.05) is 11.6 Å². The van der Waals surface area contributed by atoms with Gasteiger partial charge >= 0.3 is 0 Å². The number of aromatic nitrogens is 1. The largest absolute Gasteiger partial charge is 0.488 e. The Morgan fingerprint density at radius 2 is 2.31 bits per heavy atom. The SMILES string of the molecule is OCc1cc(Cl)ccc1OCc1cncs1. The molecular formula is C11H10ClNO2S. The first-order valence-electron chi connectivity index (χ1n) is 4.69. The maximum Gasteiger partial charge on any atom is 0.125 e. The number of hydrogen-bond acceptors (Lipinski definition) is 4. The average Bonchev–Trinajstić information content (AvgIpc) is 2.80. The minimum atomic E-state index is -0.0847. The number of aliphatic hydroxyl groups is 1. The first-order chi connectivity index (χ1) is 7.79. The lowest BCUT2D eigenvalue weighted by Gasteiger charge is -2.09. The minimum Gasteiger partial charge on any atom is -0.488 e. The van der Waals surface area contributed by atoms with Gasteiger partial charge in [0.15, 0.2) is 0 Å². The molecular weight excluding hydrogens is 246 g/mol. The van der Waals surface area contributed by atoms with Crippen LogP contribution in [0, 0.1) is 0 Å².